The molecular weight excluding hydrogens is 570 g/mol. The number of hydrogen-bond donors (Lipinski definition) is 4. The van der Waals surface area contributed by atoms with Crippen LogP contribution in [0.3, 0.4) is 0 Å². The SMILES string of the molecule is C=C/C=C(\C=C)CC(NC(=O)C(C)C(OC)C1CCCN1C(=O)CC(OC)C(C(C)CC)N(C)C(=O)CNC=O)C(=O)NO. The number of carbonyl (C=O) groups is 5. The number of nitrogens with zero attached hydrogens (tertiary/aromatic N) is 2. The molecule has 0 spiro atoms. The van der Waals surface area contributed by atoms with E-state index in [0.717, 1.165) is 6.42 Å². The summed E-state index contributed by atoms with van der Waals surface area (Å²) in [5.74, 6) is -2.54. The molecule has 13 nitrogen and oxygen atoms in total. The van der Waals surface area contributed by atoms with Gasteiger partial charge in [-0.25, -0.2) is 5.48 Å². The summed E-state index contributed by atoms with van der Waals surface area (Å²) in [6.45, 7) is 13.3. The fraction of sp³-hybridized carbons (Fsp3) is 0.645. The smallest absolute Gasteiger partial charge is 0.266 e. The van der Waals surface area contributed by atoms with Crippen molar-refractivity contribution >= 4 is 30.0 Å². The Balaban J connectivity index is 3.15. The number of likely N-dealkylation sites (tertiary alicyclic amines) is 1. The standard InChI is InChI=1S/C31H51N5O8/c1-9-13-22(11-3)16-23(31(41)34-42)33-30(40)21(5)29(44-8)24-14-12-15-36(24)26(38)17-25(43-7)28(20(4)10-2)35(6)27(39)18-32-19-37/h9,11,13,19-21,23-25,28-29,42H,1,3,10,12,14-18H2,2,4-8H3,(H,32,37)(H,33,40)(H,34,41)/b22-13+. The Labute approximate surface area is 261 Å². The Morgan fingerprint density at radius 3 is 2.32 bits per heavy atom. The first kappa shape index (κ1) is 38.5. The molecule has 7 unspecified atom stereocenters. The third-order valence-electron chi connectivity index (χ3n) is 8.42. The number of rotatable bonds is 20. The highest BCUT2D eigenvalue weighted by atomic mass is 16.5. The minimum absolute atomic E-state index is 0.00351. The summed E-state index contributed by atoms with van der Waals surface area (Å²) in [5.41, 5.74) is 2.22. The van der Waals surface area contributed by atoms with E-state index in [1.165, 1.54) is 31.3 Å². The summed E-state index contributed by atoms with van der Waals surface area (Å²) in [4.78, 5) is 66.2. The molecule has 0 radical (unpaired) electrons. The van der Waals surface area contributed by atoms with Crippen LogP contribution in [0.1, 0.15) is 52.9 Å². The summed E-state index contributed by atoms with van der Waals surface area (Å²) < 4.78 is 11.6. The van der Waals surface area contributed by atoms with Gasteiger partial charge in [0.2, 0.25) is 24.1 Å². The van der Waals surface area contributed by atoms with E-state index in [1.807, 2.05) is 13.8 Å². The van der Waals surface area contributed by atoms with Gasteiger partial charge in [0.1, 0.15) is 6.04 Å². The number of amides is 5. The number of likely N-dealkylation sites (N-methyl/N-ethyl adjacent to an activating group) is 1. The van der Waals surface area contributed by atoms with E-state index < -0.39 is 48.1 Å². The molecule has 0 saturated carbocycles. The molecule has 248 valence electrons. The van der Waals surface area contributed by atoms with Gasteiger partial charge in [0.15, 0.2) is 0 Å². The highest BCUT2D eigenvalue weighted by Crippen LogP contribution is 2.29. The van der Waals surface area contributed by atoms with Crippen molar-refractivity contribution in [3.63, 3.8) is 0 Å². The second-order valence-electron chi connectivity index (χ2n) is 11.1. The average molecular weight is 622 g/mol. The summed E-state index contributed by atoms with van der Waals surface area (Å²) in [5, 5.41) is 14.3. The summed E-state index contributed by atoms with van der Waals surface area (Å²) in [6.07, 6.45) is 5.97. The maximum atomic E-state index is 13.8. The van der Waals surface area contributed by atoms with Crippen molar-refractivity contribution in [1.29, 1.82) is 0 Å². The lowest BCUT2D eigenvalue weighted by Gasteiger charge is -2.39. The van der Waals surface area contributed by atoms with E-state index in [-0.39, 0.29) is 37.1 Å². The van der Waals surface area contributed by atoms with Crippen LogP contribution in [-0.4, -0.2) is 110 Å². The minimum Gasteiger partial charge on any atom is -0.379 e. The maximum absolute atomic E-state index is 13.8. The van der Waals surface area contributed by atoms with Crippen LogP contribution in [0, 0.1) is 11.8 Å². The second-order valence-corrected chi connectivity index (χ2v) is 11.1. The zero-order chi connectivity index (χ0) is 33.4. The minimum atomic E-state index is -1.08. The van der Waals surface area contributed by atoms with Crippen LogP contribution in [-0.2, 0) is 33.4 Å². The normalized spacial score (nSPS) is 19.0. The van der Waals surface area contributed by atoms with E-state index in [4.69, 9.17) is 9.47 Å². The van der Waals surface area contributed by atoms with Gasteiger partial charge in [0.05, 0.1) is 43.2 Å². The molecule has 5 amide bonds. The highest BCUT2D eigenvalue weighted by molar-refractivity contribution is 5.88. The molecule has 0 aromatic carbocycles. The molecule has 44 heavy (non-hydrogen) atoms. The summed E-state index contributed by atoms with van der Waals surface area (Å²) in [7, 11) is 4.61. The fourth-order valence-electron chi connectivity index (χ4n) is 5.78. The van der Waals surface area contributed by atoms with Crippen molar-refractivity contribution < 1.29 is 38.7 Å². The molecule has 0 bridgehead atoms. The molecule has 0 aromatic rings. The van der Waals surface area contributed by atoms with E-state index in [0.29, 0.717) is 31.4 Å². The van der Waals surface area contributed by atoms with Gasteiger partial charge < -0.3 is 29.9 Å². The molecule has 0 aromatic heterocycles. The first-order valence-corrected chi connectivity index (χ1v) is 14.9. The molecule has 7 atom stereocenters. The van der Waals surface area contributed by atoms with Crippen LogP contribution in [0.2, 0.25) is 0 Å². The van der Waals surface area contributed by atoms with Crippen LogP contribution >= 0.6 is 0 Å². The van der Waals surface area contributed by atoms with Gasteiger partial charge in [0, 0.05) is 34.2 Å². The van der Waals surface area contributed by atoms with E-state index in [9.17, 15) is 29.2 Å². The van der Waals surface area contributed by atoms with Crippen LogP contribution in [0.4, 0.5) is 0 Å². The monoisotopic (exact) mass is 621 g/mol. The molecule has 1 aliphatic heterocycles. The lowest BCUT2D eigenvalue weighted by molar-refractivity contribution is -0.146. The quantitative estimate of drug-likeness (QED) is 0.0684. The highest BCUT2D eigenvalue weighted by Gasteiger charge is 2.42. The average Bonchev–Trinajstić information content (AvgIpc) is 3.51. The van der Waals surface area contributed by atoms with Gasteiger partial charge in [-0.05, 0) is 24.3 Å². The van der Waals surface area contributed by atoms with Gasteiger partial charge in [-0.2, -0.15) is 0 Å². The third-order valence-corrected chi connectivity index (χ3v) is 8.42. The Hall–Kier alpha value is -3.55. The van der Waals surface area contributed by atoms with Gasteiger partial charge in [-0.15, -0.1) is 0 Å². The predicted octanol–water partition coefficient (Wildman–Crippen LogP) is 1.33. The van der Waals surface area contributed by atoms with Crippen LogP contribution < -0.4 is 16.1 Å². The van der Waals surface area contributed by atoms with Gasteiger partial charge >= 0.3 is 0 Å². The second kappa shape index (κ2) is 19.7. The van der Waals surface area contributed by atoms with Crippen molar-refractivity contribution in [3.05, 3.63) is 37.0 Å². The Morgan fingerprint density at radius 1 is 1.11 bits per heavy atom. The Morgan fingerprint density at radius 2 is 1.80 bits per heavy atom. The number of hydrogen-bond acceptors (Lipinski definition) is 8. The number of ether oxygens (including phenoxy) is 2. The number of allylic oxidation sites excluding steroid dienone is 3. The van der Waals surface area contributed by atoms with Crippen molar-refractivity contribution in [1.82, 2.24) is 25.9 Å². The number of nitrogens with one attached hydrogen (secondary N) is 3. The maximum Gasteiger partial charge on any atom is 0.266 e. The van der Waals surface area contributed by atoms with Crippen LogP contribution in [0.5, 0.6) is 0 Å². The molecule has 1 aliphatic rings. The molecule has 1 fully saturated rings. The van der Waals surface area contributed by atoms with Crippen LogP contribution in [0.15, 0.2) is 37.0 Å². The molecule has 4 N–H and O–H groups in total. The number of hydroxylamine groups is 1. The van der Waals surface area contributed by atoms with Gasteiger partial charge in [0.25, 0.3) is 5.91 Å². The van der Waals surface area contributed by atoms with Crippen molar-refractivity contribution in [2.75, 3.05) is 34.4 Å². The third kappa shape index (κ3) is 10.6. The molecule has 1 saturated heterocycles. The van der Waals surface area contributed by atoms with Crippen LogP contribution in [0.25, 0.3) is 0 Å². The first-order chi connectivity index (χ1) is 20.9. The van der Waals surface area contributed by atoms with E-state index >= 15 is 0 Å². The van der Waals surface area contributed by atoms with Gasteiger partial charge in [-0.1, -0.05) is 58.6 Å². The number of carbonyl (C=O) groups excluding carboxylic acids is 5. The topological polar surface area (TPSA) is 167 Å². The largest absolute Gasteiger partial charge is 0.379 e. The number of methoxy groups -OCH3 is 2. The molecule has 1 rings (SSSR count). The summed E-state index contributed by atoms with van der Waals surface area (Å²) in [6, 6.07) is -1.93. The van der Waals surface area contributed by atoms with E-state index in [2.05, 4.69) is 23.8 Å². The predicted molar refractivity (Wildman–Crippen MR) is 165 cm³/mol. The Kier molecular flexibility index (Phi) is 17.2. The molecule has 0 aliphatic carbocycles. The van der Waals surface area contributed by atoms with Gasteiger partial charge in [-0.3, -0.25) is 29.2 Å². The van der Waals surface area contributed by atoms with Crippen molar-refractivity contribution in [2.45, 2.75) is 83.2 Å². The molecule has 1 heterocycles. The van der Waals surface area contributed by atoms with E-state index in [1.54, 1.807) is 30.4 Å². The zero-order valence-electron chi connectivity index (χ0n) is 26.9. The fourth-order valence-corrected chi connectivity index (χ4v) is 5.78. The van der Waals surface area contributed by atoms with Crippen molar-refractivity contribution in [3.8, 4) is 0 Å². The van der Waals surface area contributed by atoms with Crippen molar-refractivity contribution in [2.24, 2.45) is 11.8 Å². The molecular formula is C31H51N5O8. The molecule has 13 heteroatoms. The lowest BCUT2D eigenvalue weighted by atomic mass is 9.90. The summed E-state index contributed by atoms with van der Waals surface area (Å²) >= 11 is 0. The Bertz CT molecular complexity index is 1030. The lowest BCUT2D eigenvalue weighted by Crippen LogP contribution is -2.55. The first-order valence-electron chi connectivity index (χ1n) is 14.9. The zero-order valence-corrected chi connectivity index (χ0v) is 26.9.